The van der Waals surface area contributed by atoms with Crippen molar-refractivity contribution < 1.29 is 14.7 Å². The number of hydrogen-bond donors (Lipinski definition) is 1. The number of hydrogen-bond acceptors (Lipinski definition) is 4. The average Bonchev–Trinajstić information content (AvgIpc) is 2.62. The van der Waals surface area contributed by atoms with Gasteiger partial charge in [-0.05, 0) is 25.0 Å². The quantitative estimate of drug-likeness (QED) is 0.822. The Bertz CT molecular complexity index is 616. The molecule has 0 spiro atoms. The Morgan fingerprint density at radius 3 is 2.42 bits per heavy atom. The highest BCUT2D eigenvalue weighted by Crippen LogP contribution is 2.36. The van der Waals surface area contributed by atoms with E-state index in [0.717, 1.165) is 4.90 Å². The van der Waals surface area contributed by atoms with Gasteiger partial charge in [-0.15, -0.1) is 0 Å². The van der Waals surface area contributed by atoms with Crippen molar-refractivity contribution in [2.24, 2.45) is 5.92 Å². The molecule has 0 saturated carbocycles. The topological polar surface area (TPSA) is 81.4 Å². The molecule has 0 fully saturated rings. The lowest BCUT2D eigenvalue weighted by molar-refractivity contribution is 0.0465. The molecule has 0 radical (unpaired) electrons. The van der Waals surface area contributed by atoms with Crippen molar-refractivity contribution in [2.45, 2.75) is 26.3 Å². The zero-order valence-corrected chi connectivity index (χ0v) is 11.0. The van der Waals surface area contributed by atoms with Crippen LogP contribution in [0.25, 0.3) is 0 Å². The van der Waals surface area contributed by atoms with Crippen molar-refractivity contribution in [1.29, 1.82) is 5.26 Å². The second kappa shape index (κ2) is 4.09. The molecule has 1 heterocycles. The predicted molar refractivity (Wildman–Crippen MR) is 67.5 cm³/mol. The van der Waals surface area contributed by atoms with Crippen molar-refractivity contribution in [3.63, 3.8) is 0 Å². The molecule has 2 amide bonds. The van der Waals surface area contributed by atoms with Gasteiger partial charge in [0.05, 0.1) is 17.2 Å². The highest BCUT2D eigenvalue weighted by molar-refractivity contribution is 6.23. The van der Waals surface area contributed by atoms with E-state index in [0.29, 0.717) is 0 Å². The summed E-state index contributed by atoms with van der Waals surface area (Å²) in [6.45, 7) is 5.09. The lowest BCUT2D eigenvalue weighted by Gasteiger charge is -2.34. The molecule has 5 heteroatoms. The maximum atomic E-state index is 12.3. The van der Waals surface area contributed by atoms with Gasteiger partial charge in [0.25, 0.3) is 11.8 Å². The Kier molecular flexibility index (Phi) is 2.82. The van der Waals surface area contributed by atoms with Crippen LogP contribution in [0.5, 0.6) is 5.75 Å². The number of imide groups is 1. The zero-order chi connectivity index (χ0) is 14.4. The summed E-state index contributed by atoms with van der Waals surface area (Å²) in [5, 5.41) is 19.1. The molecule has 19 heavy (non-hydrogen) atoms. The number of amides is 2. The van der Waals surface area contributed by atoms with Gasteiger partial charge in [-0.3, -0.25) is 14.5 Å². The SMILES string of the molecule is CC(C)C(C)(C#N)N1C(=O)c2cccc(O)c2C1=O. The Balaban J connectivity index is 2.62. The van der Waals surface area contributed by atoms with Crippen LogP contribution in [0.3, 0.4) is 0 Å². The molecule has 1 atom stereocenters. The van der Waals surface area contributed by atoms with Gasteiger partial charge < -0.3 is 5.11 Å². The number of phenolic OH excluding ortho intramolecular Hbond substituents is 1. The van der Waals surface area contributed by atoms with Gasteiger partial charge in [0.1, 0.15) is 11.3 Å². The summed E-state index contributed by atoms with van der Waals surface area (Å²) in [5.74, 6) is -1.60. The summed E-state index contributed by atoms with van der Waals surface area (Å²) in [5.41, 5.74) is -1.11. The molecule has 0 saturated heterocycles. The fourth-order valence-electron chi connectivity index (χ4n) is 2.13. The minimum absolute atomic E-state index is 0.0189. The molecule has 1 N–H and O–H groups in total. The van der Waals surface area contributed by atoms with Crippen LogP contribution >= 0.6 is 0 Å². The summed E-state index contributed by atoms with van der Waals surface area (Å²) in [6.07, 6.45) is 0. The van der Waals surface area contributed by atoms with Crippen LogP contribution in [-0.4, -0.2) is 27.4 Å². The molecule has 1 aromatic carbocycles. The fraction of sp³-hybridized carbons (Fsp3) is 0.357. The monoisotopic (exact) mass is 258 g/mol. The van der Waals surface area contributed by atoms with E-state index in [-0.39, 0.29) is 22.8 Å². The van der Waals surface area contributed by atoms with E-state index >= 15 is 0 Å². The molecule has 1 unspecified atom stereocenters. The Morgan fingerprint density at radius 1 is 1.32 bits per heavy atom. The van der Waals surface area contributed by atoms with E-state index in [2.05, 4.69) is 0 Å². The first-order valence-corrected chi connectivity index (χ1v) is 5.96. The molecule has 98 valence electrons. The van der Waals surface area contributed by atoms with Crippen LogP contribution in [0.4, 0.5) is 0 Å². The van der Waals surface area contributed by atoms with Crippen LogP contribution in [0.1, 0.15) is 41.5 Å². The van der Waals surface area contributed by atoms with Crippen molar-refractivity contribution >= 4 is 11.8 Å². The van der Waals surface area contributed by atoms with Crippen LogP contribution < -0.4 is 0 Å². The maximum absolute atomic E-state index is 12.3. The molecule has 0 bridgehead atoms. The number of fused-ring (bicyclic) bond motifs is 1. The maximum Gasteiger partial charge on any atom is 0.266 e. The summed E-state index contributed by atoms with van der Waals surface area (Å²) in [6, 6.07) is 6.37. The Morgan fingerprint density at radius 2 is 1.95 bits per heavy atom. The molecule has 0 aromatic heterocycles. The minimum atomic E-state index is -1.24. The van der Waals surface area contributed by atoms with Crippen molar-refractivity contribution in [3.05, 3.63) is 29.3 Å². The third-order valence-corrected chi connectivity index (χ3v) is 3.71. The highest BCUT2D eigenvalue weighted by Gasteiger charge is 2.49. The molecule has 5 nitrogen and oxygen atoms in total. The Labute approximate surface area is 111 Å². The first-order valence-electron chi connectivity index (χ1n) is 5.96. The average molecular weight is 258 g/mol. The molecular weight excluding hydrogens is 244 g/mol. The van der Waals surface area contributed by atoms with Gasteiger partial charge >= 0.3 is 0 Å². The molecule has 1 aromatic rings. The van der Waals surface area contributed by atoms with Gasteiger partial charge in [0.15, 0.2) is 0 Å². The van der Waals surface area contributed by atoms with Gasteiger partial charge in [-0.1, -0.05) is 19.9 Å². The van der Waals surface area contributed by atoms with Crippen LogP contribution in [-0.2, 0) is 0 Å². The summed E-state index contributed by atoms with van der Waals surface area (Å²) < 4.78 is 0. The number of nitriles is 1. The number of nitrogens with zero attached hydrogens (tertiary/aromatic N) is 2. The standard InChI is InChI=1S/C14H14N2O3/c1-8(2)14(3,7-15)16-12(18)9-5-4-6-10(17)11(9)13(16)19/h4-6,8,17H,1-3H3. The lowest BCUT2D eigenvalue weighted by atomic mass is 9.88. The number of benzene rings is 1. The van der Waals surface area contributed by atoms with Gasteiger partial charge in [0, 0.05) is 0 Å². The predicted octanol–water partition coefficient (Wildman–Crippen LogP) is 1.93. The van der Waals surface area contributed by atoms with Gasteiger partial charge in [-0.2, -0.15) is 5.26 Å². The van der Waals surface area contributed by atoms with Crippen molar-refractivity contribution in [2.75, 3.05) is 0 Å². The largest absolute Gasteiger partial charge is 0.507 e. The zero-order valence-electron chi connectivity index (χ0n) is 11.0. The van der Waals surface area contributed by atoms with E-state index in [1.54, 1.807) is 20.8 Å². The van der Waals surface area contributed by atoms with E-state index in [9.17, 15) is 20.0 Å². The number of aromatic hydroxyl groups is 1. The molecule has 1 aliphatic heterocycles. The second-order valence-corrected chi connectivity index (χ2v) is 5.06. The smallest absolute Gasteiger partial charge is 0.266 e. The van der Waals surface area contributed by atoms with E-state index in [1.165, 1.54) is 18.2 Å². The highest BCUT2D eigenvalue weighted by atomic mass is 16.3. The van der Waals surface area contributed by atoms with Gasteiger partial charge in [0.2, 0.25) is 0 Å². The van der Waals surface area contributed by atoms with Crippen LogP contribution in [0.15, 0.2) is 18.2 Å². The Hall–Kier alpha value is -2.35. The third-order valence-electron chi connectivity index (χ3n) is 3.71. The fourth-order valence-corrected chi connectivity index (χ4v) is 2.13. The van der Waals surface area contributed by atoms with Crippen LogP contribution in [0.2, 0.25) is 0 Å². The van der Waals surface area contributed by atoms with Crippen LogP contribution in [0, 0.1) is 17.2 Å². The van der Waals surface area contributed by atoms with Crippen molar-refractivity contribution in [1.82, 2.24) is 4.90 Å². The second-order valence-electron chi connectivity index (χ2n) is 5.06. The van der Waals surface area contributed by atoms with E-state index in [4.69, 9.17) is 0 Å². The third kappa shape index (κ3) is 1.60. The summed E-state index contributed by atoms with van der Waals surface area (Å²) >= 11 is 0. The molecule has 2 rings (SSSR count). The lowest BCUT2D eigenvalue weighted by Crippen LogP contribution is -2.52. The van der Waals surface area contributed by atoms with Gasteiger partial charge in [-0.25, -0.2) is 0 Å². The molecule has 1 aliphatic rings. The minimum Gasteiger partial charge on any atom is -0.507 e. The number of rotatable bonds is 2. The normalized spacial score (nSPS) is 17.3. The first-order chi connectivity index (χ1) is 8.84. The summed E-state index contributed by atoms with van der Waals surface area (Å²) in [4.78, 5) is 25.6. The number of carbonyl (C=O) groups is 2. The van der Waals surface area contributed by atoms with E-state index < -0.39 is 17.4 Å². The molecular formula is C14H14N2O3. The first kappa shape index (κ1) is 13.1. The van der Waals surface area contributed by atoms with Crippen molar-refractivity contribution in [3.8, 4) is 11.8 Å². The summed E-state index contributed by atoms with van der Waals surface area (Å²) in [7, 11) is 0. The van der Waals surface area contributed by atoms with E-state index in [1.807, 2.05) is 6.07 Å². The number of phenols is 1. The number of carbonyl (C=O) groups excluding carboxylic acids is 2. The molecule has 0 aliphatic carbocycles.